The van der Waals surface area contributed by atoms with Crippen molar-refractivity contribution in [1.82, 2.24) is 5.16 Å². The summed E-state index contributed by atoms with van der Waals surface area (Å²) in [5, 5.41) is 3.76. The van der Waals surface area contributed by atoms with Crippen LogP contribution >= 0.6 is 0 Å². The van der Waals surface area contributed by atoms with E-state index in [0.717, 1.165) is 44.9 Å². The molecule has 0 radical (unpaired) electrons. The highest BCUT2D eigenvalue weighted by Crippen LogP contribution is 2.67. The van der Waals surface area contributed by atoms with Gasteiger partial charge in [-0.2, -0.15) is 0 Å². The Morgan fingerprint density at radius 1 is 1.24 bits per heavy atom. The maximum absolute atomic E-state index is 12.8. The SMILES string of the molecule is C#C[C@]1(OC(=O)COc2cc(C)on2)CCC2C3CCC4=CC(=O)CCC4C3CC[C@@]21CC. The lowest BCUT2D eigenvalue weighted by atomic mass is 9.49. The summed E-state index contributed by atoms with van der Waals surface area (Å²) in [6, 6.07) is 1.63. The van der Waals surface area contributed by atoms with Gasteiger partial charge in [0.05, 0.1) is 0 Å². The predicted octanol–water partition coefficient (Wildman–Crippen LogP) is 4.81. The minimum atomic E-state index is -0.893. The lowest BCUT2D eigenvalue weighted by Crippen LogP contribution is -2.55. The first-order valence-electron chi connectivity index (χ1n) is 12.4. The van der Waals surface area contributed by atoms with E-state index in [9.17, 15) is 9.59 Å². The molecule has 4 aliphatic rings. The number of aryl methyl sites for hydroxylation is 1. The average Bonchev–Trinajstić information content (AvgIpc) is 3.38. The molecule has 1 heterocycles. The molecule has 0 aliphatic heterocycles. The van der Waals surface area contributed by atoms with E-state index in [1.165, 1.54) is 5.57 Å². The highest BCUT2D eigenvalue weighted by molar-refractivity contribution is 5.91. The van der Waals surface area contributed by atoms with Crippen LogP contribution in [0.5, 0.6) is 5.88 Å². The first-order valence-corrected chi connectivity index (χ1v) is 12.4. The van der Waals surface area contributed by atoms with Crippen molar-refractivity contribution in [2.75, 3.05) is 6.61 Å². The van der Waals surface area contributed by atoms with Crippen molar-refractivity contribution < 1.29 is 23.6 Å². The van der Waals surface area contributed by atoms with Crippen LogP contribution in [0.1, 0.15) is 70.5 Å². The number of hydrogen-bond donors (Lipinski definition) is 0. The number of ether oxygens (including phenoxy) is 2. The minimum absolute atomic E-state index is 0.200. The van der Waals surface area contributed by atoms with E-state index in [1.807, 2.05) is 6.08 Å². The zero-order valence-electron chi connectivity index (χ0n) is 19.6. The average molecular weight is 452 g/mol. The molecule has 0 N–H and O–H groups in total. The normalized spacial score (nSPS) is 37.2. The fourth-order valence-corrected chi connectivity index (χ4v) is 7.89. The summed E-state index contributed by atoms with van der Waals surface area (Å²) in [7, 11) is 0. The highest BCUT2D eigenvalue weighted by Gasteiger charge is 2.65. The van der Waals surface area contributed by atoms with Crippen molar-refractivity contribution in [2.24, 2.45) is 29.1 Å². The molecule has 0 bridgehead atoms. The molecule has 0 amide bonds. The van der Waals surface area contributed by atoms with Crippen LogP contribution in [0.15, 0.2) is 22.2 Å². The Morgan fingerprint density at radius 2 is 2.09 bits per heavy atom. The van der Waals surface area contributed by atoms with Crippen molar-refractivity contribution in [3.05, 3.63) is 23.5 Å². The predicted molar refractivity (Wildman–Crippen MR) is 121 cm³/mol. The second-order valence-electron chi connectivity index (χ2n) is 10.4. The van der Waals surface area contributed by atoms with Crippen molar-refractivity contribution in [2.45, 2.75) is 77.2 Å². The molecule has 1 aromatic rings. The lowest BCUT2D eigenvalue weighted by molar-refractivity contribution is -0.175. The van der Waals surface area contributed by atoms with Gasteiger partial charge in [-0.05, 0) is 93.2 Å². The number of carbonyl (C=O) groups is 2. The van der Waals surface area contributed by atoms with Crippen LogP contribution in [-0.2, 0) is 14.3 Å². The van der Waals surface area contributed by atoms with Gasteiger partial charge in [0.15, 0.2) is 18.0 Å². The molecule has 4 unspecified atom stereocenters. The summed E-state index contributed by atoms with van der Waals surface area (Å²) in [6.45, 7) is 3.72. The quantitative estimate of drug-likeness (QED) is 0.472. The van der Waals surface area contributed by atoms with Gasteiger partial charge in [0.1, 0.15) is 5.76 Å². The second-order valence-corrected chi connectivity index (χ2v) is 10.4. The standard InChI is InChI=1S/C27H33NO5/c1-4-26-12-10-21-20-9-7-19(29)15-18(20)6-8-22(21)23(26)11-13-27(26,5-2)32-25(30)16-31-24-14-17(3)33-28-24/h2,14-15,20-23H,4,6-13,16H2,1,3H3/t20?,21?,22?,23?,26-,27-/m0/s1. The zero-order chi connectivity index (χ0) is 23.2. The minimum Gasteiger partial charge on any atom is -0.463 e. The number of rotatable bonds is 5. The Morgan fingerprint density at radius 3 is 2.82 bits per heavy atom. The smallest absolute Gasteiger partial charge is 0.345 e. The molecular formula is C27H33NO5. The number of aromatic nitrogens is 1. The fraction of sp³-hybridized carbons (Fsp3) is 0.667. The van der Waals surface area contributed by atoms with Crippen LogP contribution < -0.4 is 4.74 Å². The van der Waals surface area contributed by atoms with Gasteiger partial charge in [-0.1, -0.05) is 18.4 Å². The number of allylic oxidation sites excluding steroid dienone is 1. The van der Waals surface area contributed by atoms with Crippen LogP contribution in [0.25, 0.3) is 0 Å². The molecule has 6 atom stereocenters. The molecule has 0 aromatic carbocycles. The second kappa shape index (κ2) is 8.34. The molecular weight excluding hydrogens is 418 g/mol. The molecule has 0 spiro atoms. The van der Waals surface area contributed by atoms with E-state index in [4.69, 9.17) is 20.4 Å². The van der Waals surface area contributed by atoms with Crippen LogP contribution in [0.4, 0.5) is 0 Å². The molecule has 6 heteroatoms. The van der Waals surface area contributed by atoms with Gasteiger partial charge in [0.2, 0.25) is 0 Å². The summed E-state index contributed by atoms with van der Waals surface area (Å²) < 4.78 is 16.6. The first kappa shape index (κ1) is 22.3. The number of hydrogen-bond acceptors (Lipinski definition) is 6. The molecule has 5 rings (SSSR count). The van der Waals surface area contributed by atoms with Crippen LogP contribution in [0.2, 0.25) is 0 Å². The summed E-state index contributed by atoms with van der Waals surface area (Å²) in [6.07, 6.45) is 16.5. The topological polar surface area (TPSA) is 78.6 Å². The van der Waals surface area contributed by atoms with Gasteiger partial charge in [-0.15, -0.1) is 6.42 Å². The summed E-state index contributed by atoms with van der Waals surface area (Å²) in [5.74, 6) is 5.88. The molecule has 1 aromatic heterocycles. The molecule has 176 valence electrons. The van der Waals surface area contributed by atoms with E-state index < -0.39 is 11.6 Å². The van der Waals surface area contributed by atoms with Crippen LogP contribution in [0, 0.1) is 48.4 Å². The highest BCUT2D eigenvalue weighted by atomic mass is 16.6. The third-order valence-corrected chi connectivity index (χ3v) is 9.22. The number of nitrogens with zero attached hydrogens (tertiary/aromatic N) is 1. The van der Waals surface area contributed by atoms with Gasteiger partial charge >= 0.3 is 5.97 Å². The molecule has 6 nitrogen and oxygen atoms in total. The Bertz CT molecular complexity index is 1020. The summed E-state index contributed by atoms with van der Waals surface area (Å²) >= 11 is 0. The third-order valence-electron chi connectivity index (χ3n) is 9.22. The van der Waals surface area contributed by atoms with E-state index >= 15 is 0 Å². The van der Waals surface area contributed by atoms with Crippen molar-refractivity contribution in [1.29, 1.82) is 0 Å². The van der Waals surface area contributed by atoms with Gasteiger partial charge in [-0.25, -0.2) is 4.79 Å². The van der Waals surface area contributed by atoms with Gasteiger partial charge in [0.25, 0.3) is 5.88 Å². The van der Waals surface area contributed by atoms with E-state index in [1.54, 1.807) is 13.0 Å². The van der Waals surface area contributed by atoms with Gasteiger partial charge in [0, 0.05) is 17.9 Å². The molecule has 3 fully saturated rings. The summed E-state index contributed by atoms with van der Waals surface area (Å²) in [5.41, 5.74) is 0.287. The molecule has 33 heavy (non-hydrogen) atoms. The number of fused-ring (bicyclic) bond motifs is 5. The summed E-state index contributed by atoms with van der Waals surface area (Å²) in [4.78, 5) is 24.8. The maximum atomic E-state index is 12.8. The monoisotopic (exact) mass is 451 g/mol. The van der Waals surface area contributed by atoms with Gasteiger partial charge in [-0.3, -0.25) is 4.79 Å². The Labute approximate surface area is 195 Å². The number of terminal acetylenes is 1. The number of esters is 1. The number of ketones is 1. The molecule has 4 aliphatic carbocycles. The largest absolute Gasteiger partial charge is 0.463 e. The molecule has 3 saturated carbocycles. The Hall–Kier alpha value is -2.55. The van der Waals surface area contributed by atoms with E-state index in [-0.39, 0.29) is 17.9 Å². The fourth-order valence-electron chi connectivity index (χ4n) is 7.89. The Balaban J connectivity index is 1.35. The van der Waals surface area contributed by atoms with Crippen molar-refractivity contribution in [3.8, 4) is 18.2 Å². The van der Waals surface area contributed by atoms with Crippen molar-refractivity contribution in [3.63, 3.8) is 0 Å². The first-order chi connectivity index (χ1) is 15.9. The van der Waals surface area contributed by atoms with Crippen LogP contribution in [-0.4, -0.2) is 29.1 Å². The maximum Gasteiger partial charge on any atom is 0.345 e. The van der Waals surface area contributed by atoms with Crippen LogP contribution in [0.3, 0.4) is 0 Å². The van der Waals surface area contributed by atoms with E-state index in [2.05, 4.69) is 18.0 Å². The van der Waals surface area contributed by atoms with E-state index in [0.29, 0.717) is 48.1 Å². The molecule has 0 saturated heterocycles. The lowest BCUT2D eigenvalue weighted by Gasteiger charge is -2.56. The Kier molecular flexibility index (Phi) is 5.63. The van der Waals surface area contributed by atoms with Gasteiger partial charge < -0.3 is 14.0 Å². The third kappa shape index (κ3) is 3.52. The zero-order valence-corrected chi connectivity index (χ0v) is 19.6. The number of carbonyl (C=O) groups excluding carboxylic acids is 2. The van der Waals surface area contributed by atoms with Crippen molar-refractivity contribution >= 4 is 11.8 Å².